The molecule has 1 aromatic heterocycles. The van der Waals surface area contributed by atoms with E-state index in [0.717, 1.165) is 29.9 Å². The number of anilines is 2. The molecule has 0 spiro atoms. The minimum Gasteiger partial charge on any atom is -0.493 e. The minimum absolute atomic E-state index is 0.0319. The standard InChI is InChI=1S/C24H19F2N3O3S/c25-15-12-16(26)14-17(13-15)33(30,31)29-22-6-3-5-20-18(22)8-9-24(27-20)28-21-10-11-32-23-7-2-1-4-19(21)23/h1-9,12-14,21,29H,10-11H2,(H,27,28). The normalized spacial score (nSPS) is 15.5. The highest BCUT2D eigenvalue weighted by Crippen LogP contribution is 2.34. The number of pyridine rings is 1. The van der Waals surface area contributed by atoms with Crippen LogP contribution in [0, 0.1) is 11.6 Å². The molecule has 0 aliphatic carbocycles. The highest BCUT2D eigenvalue weighted by Gasteiger charge is 2.22. The van der Waals surface area contributed by atoms with E-state index in [0.29, 0.717) is 29.4 Å². The maximum absolute atomic E-state index is 13.5. The van der Waals surface area contributed by atoms with Gasteiger partial charge in [0.1, 0.15) is 23.2 Å². The summed E-state index contributed by atoms with van der Waals surface area (Å²) in [4.78, 5) is 4.13. The molecule has 2 N–H and O–H groups in total. The van der Waals surface area contributed by atoms with Crippen LogP contribution in [0.5, 0.6) is 5.75 Å². The van der Waals surface area contributed by atoms with Crippen LogP contribution in [0.1, 0.15) is 18.0 Å². The summed E-state index contributed by atoms with van der Waals surface area (Å²) in [5.74, 6) is -0.468. The summed E-state index contributed by atoms with van der Waals surface area (Å²) in [6.07, 6.45) is 0.779. The van der Waals surface area contributed by atoms with E-state index in [2.05, 4.69) is 15.0 Å². The van der Waals surface area contributed by atoms with Crippen molar-refractivity contribution in [1.29, 1.82) is 0 Å². The maximum Gasteiger partial charge on any atom is 0.262 e. The summed E-state index contributed by atoms with van der Waals surface area (Å²) in [6.45, 7) is 0.592. The summed E-state index contributed by atoms with van der Waals surface area (Å²) in [7, 11) is -4.20. The lowest BCUT2D eigenvalue weighted by Crippen LogP contribution is -2.20. The number of nitrogens with one attached hydrogen (secondary N) is 2. The van der Waals surface area contributed by atoms with Crippen molar-refractivity contribution in [3.05, 3.63) is 90.0 Å². The summed E-state index contributed by atoms with van der Waals surface area (Å²) >= 11 is 0. The Morgan fingerprint density at radius 2 is 1.73 bits per heavy atom. The number of ether oxygens (including phenoxy) is 1. The molecule has 5 rings (SSSR count). The lowest BCUT2D eigenvalue weighted by molar-refractivity contribution is 0.274. The fourth-order valence-electron chi connectivity index (χ4n) is 3.88. The van der Waals surface area contributed by atoms with Gasteiger partial charge in [-0.25, -0.2) is 22.2 Å². The van der Waals surface area contributed by atoms with Crippen molar-refractivity contribution in [2.24, 2.45) is 0 Å². The van der Waals surface area contributed by atoms with Crippen LogP contribution < -0.4 is 14.8 Å². The Hall–Kier alpha value is -3.72. The van der Waals surface area contributed by atoms with Gasteiger partial charge in [-0.05, 0) is 42.5 Å². The first-order valence-corrected chi connectivity index (χ1v) is 11.7. The molecule has 0 radical (unpaired) electrons. The summed E-state index contributed by atoms with van der Waals surface area (Å²) in [6, 6.07) is 18.5. The first-order chi connectivity index (χ1) is 15.9. The van der Waals surface area contributed by atoms with Gasteiger partial charge in [0, 0.05) is 23.4 Å². The van der Waals surface area contributed by atoms with Crippen molar-refractivity contribution in [3.8, 4) is 5.75 Å². The van der Waals surface area contributed by atoms with Crippen molar-refractivity contribution in [2.45, 2.75) is 17.4 Å². The van der Waals surface area contributed by atoms with Gasteiger partial charge in [0.05, 0.1) is 28.7 Å². The van der Waals surface area contributed by atoms with Crippen molar-refractivity contribution >= 4 is 32.4 Å². The molecule has 3 aromatic carbocycles. The second-order valence-corrected chi connectivity index (χ2v) is 9.33. The Kier molecular flexibility index (Phi) is 5.33. The van der Waals surface area contributed by atoms with Gasteiger partial charge in [0.25, 0.3) is 10.0 Å². The van der Waals surface area contributed by atoms with Crippen molar-refractivity contribution in [3.63, 3.8) is 0 Å². The number of sulfonamides is 1. The molecule has 0 fully saturated rings. The second kappa shape index (κ2) is 8.32. The van der Waals surface area contributed by atoms with Gasteiger partial charge in [0.2, 0.25) is 0 Å². The third-order valence-corrected chi connectivity index (χ3v) is 6.75. The number of hydrogen-bond donors (Lipinski definition) is 2. The number of hydrogen-bond acceptors (Lipinski definition) is 5. The first-order valence-electron chi connectivity index (χ1n) is 10.3. The van der Waals surface area contributed by atoms with Gasteiger partial charge in [-0.1, -0.05) is 24.3 Å². The Balaban J connectivity index is 1.44. The predicted molar refractivity (Wildman–Crippen MR) is 122 cm³/mol. The number of rotatable bonds is 5. The zero-order chi connectivity index (χ0) is 23.0. The highest BCUT2D eigenvalue weighted by molar-refractivity contribution is 7.92. The molecular weight excluding hydrogens is 448 g/mol. The molecule has 0 amide bonds. The topological polar surface area (TPSA) is 80.3 Å². The molecule has 9 heteroatoms. The van der Waals surface area contributed by atoms with Gasteiger partial charge in [-0.15, -0.1) is 0 Å². The fourth-order valence-corrected chi connectivity index (χ4v) is 5.00. The maximum atomic E-state index is 13.5. The average Bonchev–Trinajstić information content (AvgIpc) is 2.79. The van der Waals surface area contributed by atoms with E-state index in [9.17, 15) is 17.2 Å². The van der Waals surface area contributed by atoms with Crippen LogP contribution in [-0.2, 0) is 10.0 Å². The van der Waals surface area contributed by atoms with E-state index in [-0.39, 0.29) is 11.7 Å². The first kappa shape index (κ1) is 21.1. The summed E-state index contributed by atoms with van der Waals surface area (Å²) in [5, 5.41) is 3.97. The molecule has 1 atom stereocenters. The summed E-state index contributed by atoms with van der Waals surface area (Å²) < 4.78 is 60.6. The number of aromatic nitrogens is 1. The molecule has 1 unspecified atom stereocenters. The number of nitrogens with zero attached hydrogens (tertiary/aromatic N) is 1. The Labute approximate surface area is 189 Å². The Bertz CT molecular complexity index is 1440. The molecule has 4 aromatic rings. The van der Waals surface area contributed by atoms with Gasteiger partial charge in [0.15, 0.2) is 0 Å². The van der Waals surface area contributed by atoms with Crippen LogP contribution in [0.4, 0.5) is 20.3 Å². The smallest absolute Gasteiger partial charge is 0.262 e. The van der Waals surface area contributed by atoms with Crippen molar-refractivity contribution < 1.29 is 21.9 Å². The molecule has 1 aliphatic rings. The van der Waals surface area contributed by atoms with Gasteiger partial charge in [-0.2, -0.15) is 0 Å². The molecule has 168 valence electrons. The van der Waals surface area contributed by atoms with Crippen LogP contribution in [0.2, 0.25) is 0 Å². The number of fused-ring (bicyclic) bond motifs is 2. The predicted octanol–water partition coefficient (Wildman–Crippen LogP) is 5.25. The summed E-state index contributed by atoms with van der Waals surface area (Å²) in [5.41, 5.74) is 1.87. The number of para-hydroxylation sites is 1. The fraction of sp³-hybridized carbons (Fsp3) is 0.125. The van der Waals surface area contributed by atoms with Crippen LogP contribution in [0.15, 0.2) is 77.7 Å². The molecular formula is C24H19F2N3O3S. The molecule has 6 nitrogen and oxygen atoms in total. The van der Waals surface area contributed by atoms with E-state index in [1.165, 1.54) is 0 Å². The SMILES string of the molecule is O=S(=O)(Nc1cccc2nc(NC3CCOc4ccccc43)ccc12)c1cc(F)cc(F)c1. The van der Waals surface area contributed by atoms with Gasteiger partial charge in [-0.3, -0.25) is 4.72 Å². The largest absolute Gasteiger partial charge is 0.493 e. The zero-order valence-corrected chi connectivity index (χ0v) is 18.1. The Morgan fingerprint density at radius 1 is 0.939 bits per heavy atom. The van der Waals surface area contributed by atoms with E-state index in [4.69, 9.17) is 4.74 Å². The molecule has 33 heavy (non-hydrogen) atoms. The molecule has 0 bridgehead atoms. The molecule has 1 aliphatic heterocycles. The Morgan fingerprint density at radius 3 is 2.55 bits per heavy atom. The van der Waals surface area contributed by atoms with Crippen LogP contribution in [0.25, 0.3) is 10.9 Å². The monoisotopic (exact) mass is 467 g/mol. The van der Waals surface area contributed by atoms with Crippen LogP contribution in [0.3, 0.4) is 0 Å². The van der Waals surface area contributed by atoms with Gasteiger partial charge < -0.3 is 10.1 Å². The van der Waals surface area contributed by atoms with E-state index in [1.54, 1.807) is 30.3 Å². The van der Waals surface area contributed by atoms with Crippen molar-refractivity contribution in [2.75, 3.05) is 16.6 Å². The zero-order valence-electron chi connectivity index (χ0n) is 17.3. The van der Waals surface area contributed by atoms with Crippen molar-refractivity contribution in [1.82, 2.24) is 4.98 Å². The molecule has 0 saturated carbocycles. The second-order valence-electron chi connectivity index (χ2n) is 7.65. The average molecular weight is 467 g/mol. The van der Waals surface area contributed by atoms with E-state index < -0.39 is 26.6 Å². The number of halogens is 2. The third kappa shape index (κ3) is 4.31. The third-order valence-electron chi connectivity index (χ3n) is 5.40. The van der Waals surface area contributed by atoms with Crippen LogP contribution in [-0.4, -0.2) is 20.0 Å². The molecule has 0 saturated heterocycles. The van der Waals surface area contributed by atoms with Gasteiger partial charge >= 0.3 is 0 Å². The lowest BCUT2D eigenvalue weighted by atomic mass is 10.0. The molecule has 2 heterocycles. The van der Waals surface area contributed by atoms with E-state index >= 15 is 0 Å². The van der Waals surface area contributed by atoms with E-state index in [1.807, 2.05) is 24.3 Å². The highest BCUT2D eigenvalue weighted by atomic mass is 32.2. The van der Waals surface area contributed by atoms with Crippen LogP contribution >= 0.6 is 0 Å². The lowest BCUT2D eigenvalue weighted by Gasteiger charge is -2.27. The minimum atomic E-state index is -4.20. The number of benzene rings is 3. The quantitative estimate of drug-likeness (QED) is 0.419.